The van der Waals surface area contributed by atoms with Crippen molar-refractivity contribution in [1.82, 2.24) is 9.97 Å². The van der Waals surface area contributed by atoms with Gasteiger partial charge in [-0.25, -0.2) is 4.98 Å². The van der Waals surface area contributed by atoms with Crippen LogP contribution in [0.25, 0.3) is 0 Å². The average Bonchev–Trinajstić information content (AvgIpc) is 2.86. The van der Waals surface area contributed by atoms with Crippen molar-refractivity contribution >= 4 is 0 Å². The van der Waals surface area contributed by atoms with Gasteiger partial charge in [0.1, 0.15) is 5.82 Å². The molecular weight excluding hydrogens is 174 g/mol. The minimum atomic E-state index is 0.352. The standard InChI is InChI=1S/C11H19N3/c1-8(6-12)11-13-7-10(14-11)9-4-2-3-5-9/h7-9H,2-6,12H2,1H3,(H,13,14). The lowest BCUT2D eigenvalue weighted by atomic mass is 10.1. The van der Waals surface area contributed by atoms with E-state index in [-0.39, 0.29) is 0 Å². The lowest BCUT2D eigenvalue weighted by Gasteiger charge is -2.06. The SMILES string of the molecule is CC(CN)c1ncc(C2CCCC2)[nH]1. The Hall–Kier alpha value is -0.830. The van der Waals surface area contributed by atoms with Crippen LogP contribution < -0.4 is 5.73 Å². The van der Waals surface area contributed by atoms with Crippen LogP contribution in [0.4, 0.5) is 0 Å². The number of nitrogens with zero attached hydrogens (tertiary/aromatic N) is 1. The van der Waals surface area contributed by atoms with Crippen molar-refractivity contribution < 1.29 is 0 Å². The molecule has 1 aliphatic carbocycles. The van der Waals surface area contributed by atoms with Crippen LogP contribution in [0.3, 0.4) is 0 Å². The van der Waals surface area contributed by atoms with E-state index < -0.39 is 0 Å². The van der Waals surface area contributed by atoms with E-state index in [2.05, 4.69) is 16.9 Å². The Kier molecular flexibility index (Phi) is 2.87. The van der Waals surface area contributed by atoms with E-state index in [0.717, 1.165) is 11.7 Å². The highest BCUT2D eigenvalue weighted by atomic mass is 14.9. The van der Waals surface area contributed by atoms with Gasteiger partial charge in [-0.15, -0.1) is 0 Å². The third-order valence-electron chi connectivity index (χ3n) is 3.23. The first-order chi connectivity index (χ1) is 6.81. The summed E-state index contributed by atoms with van der Waals surface area (Å²) in [7, 11) is 0. The van der Waals surface area contributed by atoms with Gasteiger partial charge in [0.2, 0.25) is 0 Å². The third kappa shape index (κ3) is 1.82. The molecule has 0 spiro atoms. The summed E-state index contributed by atoms with van der Waals surface area (Å²) in [5, 5.41) is 0. The summed E-state index contributed by atoms with van der Waals surface area (Å²) in [5.74, 6) is 2.13. The zero-order valence-electron chi connectivity index (χ0n) is 8.79. The molecule has 0 bridgehead atoms. The monoisotopic (exact) mass is 193 g/mol. The second kappa shape index (κ2) is 4.13. The lowest BCUT2D eigenvalue weighted by Crippen LogP contribution is -2.10. The quantitative estimate of drug-likeness (QED) is 0.772. The summed E-state index contributed by atoms with van der Waals surface area (Å²) in [6.07, 6.45) is 7.37. The summed E-state index contributed by atoms with van der Waals surface area (Å²) in [4.78, 5) is 7.81. The molecule has 3 N–H and O–H groups in total. The second-order valence-electron chi connectivity index (χ2n) is 4.34. The molecule has 1 atom stereocenters. The first-order valence-electron chi connectivity index (χ1n) is 5.56. The maximum Gasteiger partial charge on any atom is 0.110 e. The zero-order valence-corrected chi connectivity index (χ0v) is 8.79. The van der Waals surface area contributed by atoms with Gasteiger partial charge in [-0.05, 0) is 12.8 Å². The van der Waals surface area contributed by atoms with E-state index in [0.29, 0.717) is 12.5 Å². The van der Waals surface area contributed by atoms with E-state index in [1.54, 1.807) is 0 Å². The van der Waals surface area contributed by atoms with E-state index >= 15 is 0 Å². The molecule has 1 heterocycles. The minimum absolute atomic E-state index is 0.352. The third-order valence-corrected chi connectivity index (χ3v) is 3.23. The van der Waals surface area contributed by atoms with Crippen molar-refractivity contribution in [2.24, 2.45) is 5.73 Å². The van der Waals surface area contributed by atoms with Crippen LogP contribution in [-0.4, -0.2) is 16.5 Å². The van der Waals surface area contributed by atoms with Gasteiger partial charge in [-0.2, -0.15) is 0 Å². The topological polar surface area (TPSA) is 54.7 Å². The molecule has 1 saturated carbocycles. The molecule has 78 valence electrons. The fourth-order valence-electron chi connectivity index (χ4n) is 2.16. The van der Waals surface area contributed by atoms with E-state index in [9.17, 15) is 0 Å². The van der Waals surface area contributed by atoms with Crippen molar-refractivity contribution in [2.75, 3.05) is 6.54 Å². The number of hydrogen-bond donors (Lipinski definition) is 2. The summed E-state index contributed by atoms with van der Waals surface area (Å²) < 4.78 is 0. The molecule has 0 radical (unpaired) electrons. The molecule has 0 aromatic carbocycles. The molecule has 1 fully saturated rings. The number of hydrogen-bond acceptors (Lipinski definition) is 2. The second-order valence-corrected chi connectivity index (χ2v) is 4.34. The Morgan fingerprint density at radius 3 is 2.93 bits per heavy atom. The molecule has 1 unspecified atom stereocenters. The van der Waals surface area contributed by atoms with E-state index in [1.807, 2.05) is 6.20 Å². The normalized spacial score (nSPS) is 20.1. The summed E-state index contributed by atoms with van der Waals surface area (Å²) in [6.45, 7) is 2.77. The number of aromatic amines is 1. The van der Waals surface area contributed by atoms with Crippen molar-refractivity contribution in [3.63, 3.8) is 0 Å². The van der Waals surface area contributed by atoms with Crippen molar-refractivity contribution in [2.45, 2.75) is 44.4 Å². The van der Waals surface area contributed by atoms with E-state index in [4.69, 9.17) is 5.73 Å². The Morgan fingerprint density at radius 2 is 2.29 bits per heavy atom. The molecule has 0 amide bonds. The minimum Gasteiger partial charge on any atom is -0.345 e. The Bertz CT molecular complexity index is 286. The van der Waals surface area contributed by atoms with Gasteiger partial charge in [-0.3, -0.25) is 0 Å². The van der Waals surface area contributed by atoms with Crippen LogP contribution >= 0.6 is 0 Å². The number of aromatic nitrogens is 2. The average molecular weight is 193 g/mol. The fourth-order valence-corrected chi connectivity index (χ4v) is 2.16. The summed E-state index contributed by atoms with van der Waals surface area (Å²) >= 11 is 0. The Balaban J connectivity index is 2.08. The predicted molar refractivity (Wildman–Crippen MR) is 57.3 cm³/mol. The van der Waals surface area contributed by atoms with Crippen molar-refractivity contribution in [1.29, 1.82) is 0 Å². The largest absolute Gasteiger partial charge is 0.345 e. The van der Waals surface area contributed by atoms with Crippen molar-refractivity contribution in [3.8, 4) is 0 Å². The highest BCUT2D eigenvalue weighted by molar-refractivity contribution is 5.11. The van der Waals surface area contributed by atoms with Gasteiger partial charge >= 0.3 is 0 Å². The smallest absolute Gasteiger partial charge is 0.110 e. The highest BCUT2D eigenvalue weighted by Gasteiger charge is 2.19. The van der Waals surface area contributed by atoms with Gasteiger partial charge < -0.3 is 10.7 Å². The zero-order chi connectivity index (χ0) is 9.97. The summed E-state index contributed by atoms with van der Waals surface area (Å²) in [5.41, 5.74) is 6.92. The van der Waals surface area contributed by atoms with Gasteiger partial charge in [-0.1, -0.05) is 19.8 Å². The van der Waals surface area contributed by atoms with Gasteiger partial charge in [0.15, 0.2) is 0 Å². The molecule has 14 heavy (non-hydrogen) atoms. The molecule has 2 rings (SSSR count). The van der Waals surface area contributed by atoms with Crippen LogP contribution in [0.5, 0.6) is 0 Å². The van der Waals surface area contributed by atoms with Gasteiger partial charge in [0.25, 0.3) is 0 Å². The van der Waals surface area contributed by atoms with Crippen LogP contribution in [0.1, 0.15) is 56.0 Å². The van der Waals surface area contributed by atoms with Crippen molar-refractivity contribution in [3.05, 3.63) is 17.7 Å². The molecule has 3 nitrogen and oxygen atoms in total. The van der Waals surface area contributed by atoms with Crippen LogP contribution in [0, 0.1) is 0 Å². The van der Waals surface area contributed by atoms with Crippen LogP contribution in [-0.2, 0) is 0 Å². The Morgan fingerprint density at radius 1 is 1.57 bits per heavy atom. The lowest BCUT2D eigenvalue weighted by molar-refractivity contribution is 0.683. The van der Waals surface area contributed by atoms with E-state index in [1.165, 1.54) is 31.4 Å². The molecule has 0 saturated heterocycles. The maximum atomic E-state index is 5.61. The van der Waals surface area contributed by atoms with Crippen LogP contribution in [0.15, 0.2) is 6.20 Å². The van der Waals surface area contributed by atoms with Gasteiger partial charge in [0, 0.05) is 30.3 Å². The van der Waals surface area contributed by atoms with Crippen LogP contribution in [0.2, 0.25) is 0 Å². The molecule has 1 aromatic rings. The highest BCUT2D eigenvalue weighted by Crippen LogP contribution is 2.33. The first-order valence-corrected chi connectivity index (χ1v) is 5.56. The number of rotatable bonds is 3. The maximum absolute atomic E-state index is 5.61. The molecule has 3 heteroatoms. The predicted octanol–water partition coefficient (Wildman–Crippen LogP) is 2.13. The summed E-state index contributed by atoms with van der Waals surface area (Å²) in [6, 6.07) is 0. The Labute approximate surface area is 85.1 Å². The number of nitrogens with two attached hydrogens (primary N) is 1. The number of H-pyrrole nitrogens is 1. The molecule has 0 aliphatic heterocycles. The number of nitrogens with one attached hydrogen (secondary N) is 1. The molecule has 1 aliphatic rings. The van der Waals surface area contributed by atoms with Gasteiger partial charge in [0.05, 0.1) is 0 Å². The first kappa shape index (κ1) is 9.71. The molecular formula is C11H19N3. The molecule has 1 aromatic heterocycles. The fraction of sp³-hybridized carbons (Fsp3) is 0.727. The number of imidazole rings is 1.